The van der Waals surface area contributed by atoms with Gasteiger partial charge in [-0.25, -0.2) is 9.59 Å². The Bertz CT molecular complexity index is 186. The molecule has 1 saturated heterocycles. The molecule has 0 radical (unpaired) electrons. The van der Waals surface area contributed by atoms with Crippen LogP contribution in [-0.2, 0) is 14.3 Å². The molecule has 1 aliphatic rings. The van der Waals surface area contributed by atoms with Gasteiger partial charge in [-0.3, -0.25) is 0 Å². The summed E-state index contributed by atoms with van der Waals surface area (Å²) in [4.78, 5) is 21.5. The summed E-state index contributed by atoms with van der Waals surface area (Å²) in [7, 11) is 1.16. The molecule has 0 saturated carbocycles. The van der Waals surface area contributed by atoms with Crippen molar-refractivity contribution in [2.45, 2.75) is 18.9 Å². The molecule has 1 N–H and O–H groups in total. The Balaban J connectivity index is 2.32. The molecule has 0 aromatic rings. The first-order valence-electron chi connectivity index (χ1n) is 3.77. The third-order valence-corrected chi connectivity index (χ3v) is 1.70. The fourth-order valence-corrected chi connectivity index (χ4v) is 1.08. The number of hydrogen-bond acceptors (Lipinski definition) is 5. The van der Waals surface area contributed by atoms with E-state index in [1.807, 2.05) is 0 Å². The first kappa shape index (κ1) is 8.99. The molecule has 0 aromatic heterocycles. The summed E-state index contributed by atoms with van der Waals surface area (Å²) in [5, 5.41) is 2.90. The number of esters is 1. The number of rotatable bonds is 1. The smallest absolute Gasteiger partial charge is 0.437 e. The molecule has 1 rings (SSSR count). The predicted molar refractivity (Wildman–Crippen MR) is 39.5 cm³/mol. The van der Waals surface area contributed by atoms with E-state index in [-0.39, 0.29) is 6.04 Å². The first-order chi connectivity index (χ1) is 5.74. The van der Waals surface area contributed by atoms with E-state index in [9.17, 15) is 9.59 Å². The summed E-state index contributed by atoms with van der Waals surface area (Å²) in [6.45, 7) is 0.793. The molecule has 1 heterocycles. The van der Waals surface area contributed by atoms with Gasteiger partial charge in [-0.15, -0.1) is 0 Å². The molecule has 0 unspecified atom stereocenters. The zero-order valence-corrected chi connectivity index (χ0v) is 6.83. The Kier molecular flexibility index (Phi) is 3.04. The van der Waals surface area contributed by atoms with Gasteiger partial charge in [-0.1, -0.05) is 0 Å². The molecule has 0 bridgehead atoms. The topological polar surface area (TPSA) is 64.6 Å². The van der Waals surface area contributed by atoms with Crippen molar-refractivity contribution in [3.8, 4) is 0 Å². The minimum absolute atomic E-state index is 0.343. The van der Waals surface area contributed by atoms with Crippen LogP contribution < -0.4 is 5.32 Å². The molecule has 0 aromatic carbocycles. The van der Waals surface area contributed by atoms with E-state index in [1.165, 1.54) is 0 Å². The Hall–Kier alpha value is -1.10. The second-order valence-corrected chi connectivity index (χ2v) is 2.52. The van der Waals surface area contributed by atoms with Crippen LogP contribution in [0, 0.1) is 0 Å². The number of ether oxygens (including phenoxy) is 2. The van der Waals surface area contributed by atoms with Gasteiger partial charge in [0.05, 0.1) is 7.11 Å². The Morgan fingerprint density at radius 3 is 2.75 bits per heavy atom. The van der Waals surface area contributed by atoms with Gasteiger partial charge in [-0.2, -0.15) is 0 Å². The van der Waals surface area contributed by atoms with E-state index in [0.29, 0.717) is 0 Å². The highest BCUT2D eigenvalue weighted by atomic mass is 16.7. The molecule has 12 heavy (non-hydrogen) atoms. The third-order valence-electron chi connectivity index (χ3n) is 1.70. The van der Waals surface area contributed by atoms with Crippen LogP contribution in [0.2, 0.25) is 0 Å². The van der Waals surface area contributed by atoms with Crippen LogP contribution in [0.4, 0.5) is 4.79 Å². The van der Waals surface area contributed by atoms with Crippen LogP contribution in [0.15, 0.2) is 0 Å². The largest absolute Gasteiger partial charge is 0.515 e. The monoisotopic (exact) mass is 173 g/mol. The summed E-state index contributed by atoms with van der Waals surface area (Å²) in [5.41, 5.74) is 0. The van der Waals surface area contributed by atoms with Gasteiger partial charge in [0.1, 0.15) is 6.04 Å². The van der Waals surface area contributed by atoms with Gasteiger partial charge in [0.2, 0.25) is 0 Å². The number of nitrogens with one attached hydrogen (secondary N) is 1. The molecule has 5 nitrogen and oxygen atoms in total. The van der Waals surface area contributed by atoms with E-state index in [4.69, 9.17) is 0 Å². The van der Waals surface area contributed by atoms with Crippen LogP contribution in [-0.4, -0.2) is 31.8 Å². The van der Waals surface area contributed by atoms with Crippen LogP contribution in [0.3, 0.4) is 0 Å². The normalized spacial score (nSPS) is 21.9. The van der Waals surface area contributed by atoms with Gasteiger partial charge in [0.15, 0.2) is 0 Å². The SMILES string of the molecule is COC(=O)OC(=O)[C@@H]1CCCN1. The summed E-state index contributed by atoms with van der Waals surface area (Å²) in [6.07, 6.45) is 0.699. The quantitative estimate of drug-likeness (QED) is 0.448. The van der Waals surface area contributed by atoms with Crippen LogP contribution in [0.1, 0.15) is 12.8 Å². The van der Waals surface area contributed by atoms with Crippen molar-refractivity contribution >= 4 is 12.1 Å². The van der Waals surface area contributed by atoms with Crippen molar-refractivity contribution in [2.24, 2.45) is 0 Å². The first-order valence-corrected chi connectivity index (χ1v) is 3.77. The number of hydrogen-bond donors (Lipinski definition) is 1. The minimum atomic E-state index is -0.950. The van der Waals surface area contributed by atoms with E-state index in [2.05, 4.69) is 14.8 Å². The molecule has 0 aliphatic carbocycles. The maximum Gasteiger partial charge on any atom is 0.515 e. The third kappa shape index (κ3) is 2.20. The van der Waals surface area contributed by atoms with Crippen molar-refractivity contribution in [2.75, 3.05) is 13.7 Å². The highest BCUT2D eigenvalue weighted by molar-refractivity contribution is 5.85. The standard InChI is InChI=1S/C7H11NO4/c1-11-7(10)12-6(9)5-3-2-4-8-5/h5,8H,2-4H2,1H3/t5-/m0/s1. The molecule has 5 heteroatoms. The van der Waals surface area contributed by atoms with E-state index >= 15 is 0 Å². The number of carbonyl (C=O) groups is 2. The van der Waals surface area contributed by atoms with Crippen molar-refractivity contribution in [3.05, 3.63) is 0 Å². The molecule has 0 spiro atoms. The molecule has 0 amide bonds. The van der Waals surface area contributed by atoms with E-state index in [1.54, 1.807) is 0 Å². The Labute approximate surface area is 70.0 Å². The number of carbonyl (C=O) groups excluding carboxylic acids is 2. The zero-order chi connectivity index (χ0) is 8.97. The second-order valence-electron chi connectivity index (χ2n) is 2.52. The Morgan fingerprint density at radius 1 is 1.50 bits per heavy atom. The molecular formula is C7H11NO4. The van der Waals surface area contributed by atoms with Gasteiger partial charge < -0.3 is 14.8 Å². The lowest BCUT2D eigenvalue weighted by Crippen LogP contribution is -2.33. The lowest BCUT2D eigenvalue weighted by molar-refractivity contribution is -0.141. The van der Waals surface area contributed by atoms with Gasteiger partial charge in [0.25, 0.3) is 0 Å². The summed E-state index contributed by atoms with van der Waals surface area (Å²) >= 11 is 0. The van der Waals surface area contributed by atoms with Crippen LogP contribution in [0.25, 0.3) is 0 Å². The molecular weight excluding hydrogens is 162 g/mol. The highest BCUT2D eigenvalue weighted by Crippen LogP contribution is 2.06. The summed E-state index contributed by atoms with van der Waals surface area (Å²) in [5.74, 6) is -0.556. The fourth-order valence-electron chi connectivity index (χ4n) is 1.08. The van der Waals surface area contributed by atoms with Crippen molar-refractivity contribution < 1.29 is 19.1 Å². The average Bonchev–Trinajstić information content (AvgIpc) is 2.56. The minimum Gasteiger partial charge on any atom is -0.437 e. The molecule has 1 aliphatic heterocycles. The van der Waals surface area contributed by atoms with Crippen LogP contribution >= 0.6 is 0 Å². The van der Waals surface area contributed by atoms with Crippen molar-refractivity contribution in [3.63, 3.8) is 0 Å². The van der Waals surface area contributed by atoms with Gasteiger partial charge >= 0.3 is 12.1 Å². The number of methoxy groups -OCH3 is 1. The Morgan fingerprint density at radius 2 is 2.25 bits per heavy atom. The lowest BCUT2D eigenvalue weighted by atomic mass is 10.2. The maximum atomic E-state index is 11.0. The highest BCUT2D eigenvalue weighted by Gasteiger charge is 2.25. The van der Waals surface area contributed by atoms with Gasteiger partial charge in [-0.05, 0) is 19.4 Å². The molecule has 1 atom stereocenters. The predicted octanol–water partition coefficient (Wildman–Crippen LogP) is 0.0480. The van der Waals surface area contributed by atoms with E-state index < -0.39 is 12.1 Å². The van der Waals surface area contributed by atoms with E-state index in [0.717, 1.165) is 26.5 Å². The summed E-state index contributed by atoms with van der Waals surface area (Å²) in [6, 6.07) is -0.343. The molecule has 1 fully saturated rings. The maximum absolute atomic E-state index is 11.0. The average molecular weight is 173 g/mol. The van der Waals surface area contributed by atoms with Crippen LogP contribution in [0.5, 0.6) is 0 Å². The molecule has 68 valence electrons. The van der Waals surface area contributed by atoms with Crippen molar-refractivity contribution in [1.82, 2.24) is 5.32 Å². The zero-order valence-electron chi connectivity index (χ0n) is 6.83. The lowest BCUT2D eigenvalue weighted by Gasteiger charge is -2.06. The fraction of sp³-hybridized carbons (Fsp3) is 0.714. The van der Waals surface area contributed by atoms with Gasteiger partial charge in [0, 0.05) is 0 Å². The summed E-state index contributed by atoms with van der Waals surface area (Å²) < 4.78 is 8.49. The van der Waals surface area contributed by atoms with Crippen molar-refractivity contribution in [1.29, 1.82) is 0 Å². The second kappa shape index (κ2) is 4.06.